The Morgan fingerprint density at radius 1 is 1.12 bits per heavy atom. The summed E-state index contributed by atoms with van der Waals surface area (Å²) in [7, 11) is -0.589. The zero-order valence-corrected chi connectivity index (χ0v) is 11.9. The van der Waals surface area contributed by atoms with Gasteiger partial charge in [0.2, 0.25) is 0 Å². The number of ether oxygens (including phenoxy) is 2. The molecular formula is C11H24O4Si. The van der Waals surface area contributed by atoms with E-state index in [1.54, 1.807) is 0 Å². The summed E-state index contributed by atoms with van der Waals surface area (Å²) in [4.78, 5) is 0. The van der Waals surface area contributed by atoms with Gasteiger partial charge in [0.1, 0.15) is 6.10 Å². The molecule has 0 spiro atoms. The van der Waals surface area contributed by atoms with Gasteiger partial charge in [-0.25, -0.2) is 0 Å². The number of rotatable bonds is 8. The van der Waals surface area contributed by atoms with Crippen LogP contribution in [0.1, 0.15) is 26.7 Å². The van der Waals surface area contributed by atoms with Gasteiger partial charge in [-0.2, -0.15) is 0 Å². The summed E-state index contributed by atoms with van der Waals surface area (Å²) in [5.41, 5.74) is 0. The fraction of sp³-hybridized carbons (Fsp3) is 1.00. The second-order valence-corrected chi connectivity index (χ2v) is 5.09. The van der Waals surface area contributed by atoms with Gasteiger partial charge in [0.25, 0.3) is 0 Å². The van der Waals surface area contributed by atoms with Gasteiger partial charge in [-0.15, -0.1) is 0 Å². The molecule has 0 aromatic rings. The minimum Gasteiger partial charge on any atom is -0.399 e. The van der Waals surface area contributed by atoms with Crippen LogP contribution in [0.4, 0.5) is 0 Å². The average molecular weight is 248 g/mol. The Morgan fingerprint density at radius 2 is 1.75 bits per heavy atom. The van der Waals surface area contributed by atoms with Crippen LogP contribution in [0.2, 0.25) is 0 Å². The molecule has 96 valence electrons. The lowest BCUT2D eigenvalue weighted by atomic mass is 10.4. The first kappa shape index (κ1) is 14.1. The van der Waals surface area contributed by atoms with Crippen molar-refractivity contribution in [1.29, 1.82) is 0 Å². The topological polar surface area (TPSA) is 40.2 Å². The van der Waals surface area contributed by atoms with E-state index < -0.39 is 10.0 Å². The molecule has 4 nitrogen and oxygen atoms in total. The summed E-state index contributed by atoms with van der Waals surface area (Å²) >= 11 is 0. The monoisotopic (exact) mass is 248 g/mol. The van der Waals surface area contributed by atoms with Gasteiger partial charge in [-0.05, 0) is 32.6 Å². The lowest BCUT2D eigenvalue weighted by Gasteiger charge is -1.97. The van der Waals surface area contributed by atoms with Gasteiger partial charge in [0, 0.05) is 19.8 Å². The SMILES string of the molecule is C1CC1COCC1CO1.CCO[SiH2]OCC. The molecule has 1 atom stereocenters. The first-order chi connectivity index (χ1) is 7.86. The Bertz CT molecular complexity index is 144. The van der Waals surface area contributed by atoms with Gasteiger partial charge in [0.05, 0.1) is 13.2 Å². The highest BCUT2D eigenvalue weighted by Crippen LogP contribution is 2.29. The summed E-state index contributed by atoms with van der Waals surface area (Å²) in [6.45, 7) is 8.28. The molecule has 1 aliphatic heterocycles. The highest BCUT2D eigenvalue weighted by molar-refractivity contribution is 6.17. The predicted octanol–water partition coefficient (Wildman–Crippen LogP) is 0.870. The Labute approximate surface area is 101 Å². The van der Waals surface area contributed by atoms with Crippen LogP contribution < -0.4 is 0 Å². The highest BCUT2D eigenvalue weighted by Gasteiger charge is 2.25. The molecule has 2 rings (SSSR count). The fourth-order valence-corrected chi connectivity index (χ4v) is 1.49. The summed E-state index contributed by atoms with van der Waals surface area (Å²) in [5.74, 6) is 0.892. The maximum absolute atomic E-state index is 5.36. The standard InChI is InChI=1S/C7H12O2.C4H12O2Si/c1-2-6(1)3-8-4-7-5-9-7;1-3-5-7-6-4-2/h6-7H,1-5H2;3-4,7H2,1-2H3. The zero-order valence-electron chi connectivity index (χ0n) is 10.4. The molecule has 0 aromatic heterocycles. The third-order valence-corrected chi connectivity index (χ3v) is 3.48. The van der Waals surface area contributed by atoms with E-state index in [9.17, 15) is 0 Å². The van der Waals surface area contributed by atoms with Crippen molar-refractivity contribution in [3.8, 4) is 0 Å². The molecule has 1 heterocycles. The van der Waals surface area contributed by atoms with Gasteiger partial charge in [0.15, 0.2) is 0 Å². The molecule has 1 unspecified atom stereocenters. The Balaban J connectivity index is 0.000000168. The third kappa shape index (κ3) is 9.29. The van der Waals surface area contributed by atoms with Crippen LogP contribution in [0.25, 0.3) is 0 Å². The number of epoxide rings is 1. The Morgan fingerprint density at radius 3 is 2.19 bits per heavy atom. The zero-order chi connectivity index (χ0) is 11.6. The van der Waals surface area contributed by atoms with Crippen LogP contribution in [-0.2, 0) is 18.3 Å². The maximum atomic E-state index is 5.36. The summed E-state index contributed by atoms with van der Waals surface area (Å²) in [5, 5.41) is 0. The first-order valence-electron chi connectivity index (χ1n) is 6.21. The van der Waals surface area contributed by atoms with Crippen LogP contribution >= 0.6 is 0 Å². The van der Waals surface area contributed by atoms with Crippen molar-refractivity contribution in [2.45, 2.75) is 32.8 Å². The third-order valence-electron chi connectivity index (χ3n) is 2.33. The molecule has 5 heteroatoms. The predicted molar refractivity (Wildman–Crippen MR) is 65.1 cm³/mol. The first-order valence-corrected chi connectivity index (χ1v) is 7.37. The van der Waals surface area contributed by atoms with Crippen LogP contribution in [0.15, 0.2) is 0 Å². The van der Waals surface area contributed by atoms with Crippen LogP contribution in [0.3, 0.4) is 0 Å². The van der Waals surface area contributed by atoms with Gasteiger partial charge in [-0.1, -0.05) is 0 Å². The molecule has 0 radical (unpaired) electrons. The Hall–Kier alpha value is 0.0569. The molecule has 0 bridgehead atoms. The molecule has 16 heavy (non-hydrogen) atoms. The smallest absolute Gasteiger partial charge is 0.304 e. The molecule has 1 saturated heterocycles. The molecule has 0 amide bonds. The average Bonchev–Trinajstić information content (AvgIpc) is 3.14. The quantitative estimate of drug-likeness (QED) is 0.363. The van der Waals surface area contributed by atoms with Crippen LogP contribution in [0.5, 0.6) is 0 Å². The number of hydrogen-bond acceptors (Lipinski definition) is 4. The van der Waals surface area contributed by atoms with E-state index in [2.05, 4.69) is 0 Å². The fourth-order valence-electron chi connectivity index (χ4n) is 1.04. The van der Waals surface area contributed by atoms with Crippen molar-refractivity contribution in [3.05, 3.63) is 0 Å². The van der Waals surface area contributed by atoms with E-state index in [1.165, 1.54) is 12.8 Å². The lowest BCUT2D eigenvalue weighted by Crippen LogP contribution is -2.03. The Kier molecular flexibility index (Phi) is 8.05. The molecule has 2 aliphatic rings. The van der Waals surface area contributed by atoms with Gasteiger partial charge < -0.3 is 18.3 Å². The summed E-state index contributed by atoms with van der Waals surface area (Å²) in [6.07, 6.45) is 3.21. The van der Waals surface area contributed by atoms with Crippen molar-refractivity contribution in [2.24, 2.45) is 5.92 Å². The second kappa shape index (κ2) is 9.12. The van der Waals surface area contributed by atoms with Crippen molar-refractivity contribution in [2.75, 3.05) is 33.0 Å². The highest BCUT2D eigenvalue weighted by atomic mass is 28.3. The molecule has 2 fully saturated rings. The summed E-state index contributed by atoms with van der Waals surface area (Å²) < 4.78 is 20.3. The largest absolute Gasteiger partial charge is 0.399 e. The van der Waals surface area contributed by atoms with Crippen LogP contribution in [0, 0.1) is 5.92 Å². The normalized spacial score (nSPS) is 22.5. The van der Waals surface area contributed by atoms with E-state index >= 15 is 0 Å². The summed E-state index contributed by atoms with van der Waals surface area (Å²) in [6, 6.07) is 0. The molecule has 0 N–H and O–H groups in total. The second-order valence-electron chi connectivity index (χ2n) is 4.04. The van der Waals surface area contributed by atoms with Gasteiger partial charge >= 0.3 is 10.0 Å². The minimum atomic E-state index is -0.589. The van der Waals surface area contributed by atoms with E-state index in [4.69, 9.17) is 18.3 Å². The molecular weight excluding hydrogens is 224 g/mol. The van der Waals surface area contributed by atoms with Crippen molar-refractivity contribution in [3.63, 3.8) is 0 Å². The van der Waals surface area contributed by atoms with Crippen LogP contribution in [-0.4, -0.2) is 49.1 Å². The van der Waals surface area contributed by atoms with Crippen molar-refractivity contribution < 1.29 is 18.3 Å². The maximum Gasteiger partial charge on any atom is 0.304 e. The van der Waals surface area contributed by atoms with E-state index in [0.29, 0.717) is 6.10 Å². The van der Waals surface area contributed by atoms with Crippen molar-refractivity contribution in [1.82, 2.24) is 0 Å². The lowest BCUT2D eigenvalue weighted by molar-refractivity contribution is 0.108. The van der Waals surface area contributed by atoms with E-state index in [0.717, 1.165) is 39.0 Å². The van der Waals surface area contributed by atoms with Crippen molar-refractivity contribution >= 4 is 10.0 Å². The molecule has 1 saturated carbocycles. The van der Waals surface area contributed by atoms with E-state index in [-0.39, 0.29) is 0 Å². The van der Waals surface area contributed by atoms with Gasteiger partial charge in [-0.3, -0.25) is 0 Å². The molecule has 0 aromatic carbocycles. The molecule has 1 aliphatic carbocycles. The minimum absolute atomic E-state index is 0.448. The van der Waals surface area contributed by atoms with E-state index in [1.807, 2.05) is 13.8 Å². The number of hydrogen-bond donors (Lipinski definition) is 0.